The van der Waals surface area contributed by atoms with Gasteiger partial charge in [0.05, 0.1) is 65.3 Å². The number of halogens is 1. The lowest BCUT2D eigenvalue weighted by atomic mass is 10.0. The van der Waals surface area contributed by atoms with Gasteiger partial charge in [-0.1, -0.05) is 46.6 Å². The zero-order valence-electron chi connectivity index (χ0n) is 41.3. The average molecular weight is 995 g/mol. The van der Waals surface area contributed by atoms with E-state index in [1.165, 1.54) is 27.1 Å². The first-order valence-electron chi connectivity index (χ1n) is 25.7. The molecule has 2 aromatic heterocycles. The Balaban J connectivity index is 0.864. The van der Waals surface area contributed by atoms with E-state index in [4.69, 9.17) is 19.2 Å². The SMILES string of the molecule is COC(=O)N[C@H](C(=O)N1CCC[C@H]1C1NCC(c2cc(F)c3c(c2)OC(c2cnc(C4CCCC4)s2)n2c-3cc3cc(C4CN[C@@H](C5C[C@H]6C[C@H]6N5C(=O)[C@H](NC(=O)OC)C(C)C)N4)ccc32)N1)C(C)C. The number of carbonyl (C=O) groups is 4. The van der Waals surface area contributed by atoms with Crippen LogP contribution in [0.2, 0.25) is 0 Å². The third-order valence-electron chi connectivity index (χ3n) is 16.3. The van der Waals surface area contributed by atoms with Crippen LogP contribution >= 0.6 is 11.3 Å². The summed E-state index contributed by atoms with van der Waals surface area (Å²) in [6.45, 7) is 9.44. The number of carbonyl (C=O) groups excluding carboxylic acids is 4. The van der Waals surface area contributed by atoms with Crippen LogP contribution in [0.4, 0.5) is 14.0 Å². The van der Waals surface area contributed by atoms with Crippen molar-refractivity contribution in [2.45, 2.75) is 146 Å². The van der Waals surface area contributed by atoms with E-state index < -0.39 is 30.5 Å². The lowest BCUT2D eigenvalue weighted by molar-refractivity contribution is -0.137. The highest BCUT2D eigenvalue weighted by Gasteiger charge is 2.57. The summed E-state index contributed by atoms with van der Waals surface area (Å²) < 4.78 is 35.9. The zero-order valence-corrected chi connectivity index (χ0v) is 42.2. The summed E-state index contributed by atoms with van der Waals surface area (Å²) in [6.07, 6.45) is 7.86. The van der Waals surface area contributed by atoms with Crippen LogP contribution in [0.1, 0.15) is 124 Å². The quantitative estimate of drug-likeness (QED) is 0.0922. The number of nitrogens with zero attached hydrogens (tertiary/aromatic N) is 4. The van der Waals surface area contributed by atoms with E-state index in [0.717, 1.165) is 76.1 Å². The van der Waals surface area contributed by atoms with Crippen LogP contribution in [0, 0.1) is 23.6 Å². The first-order valence-corrected chi connectivity index (χ1v) is 26.5. The van der Waals surface area contributed by atoms with Gasteiger partial charge in [-0.15, -0.1) is 11.3 Å². The molecule has 4 aromatic rings. The van der Waals surface area contributed by atoms with E-state index >= 15 is 4.39 Å². The Hall–Kier alpha value is -5.34. The number of hydrogen-bond donors (Lipinski definition) is 6. The number of hydrogen-bond acceptors (Lipinski definition) is 13. The molecule has 6 fully saturated rings. The molecule has 5 unspecified atom stereocenters. The van der Waals surface area contributed by atoms with Gasteiger partial charge in [-0.2, -0.15) is 0 Å². The summed E-state index contributed by atoms with van der Waals surface area (Å²) in [5.41, 5.74) is 3.88. The van der Waals surface area contributed by atoms with Gasteiger partial charge in [-0.05, 0) is 97.7 Å². The van der Waals surface area contributed by atoms with Crippen molar-refractivity contribution in [3.05, 3.63) is 69.4 Å². The smallest absolute Gasteiger partial charge is 0.407 e. The number of nitrogens with one attached hydrogen (secondary N) is 6. The van der Waals surface area contributed by atoms with Crippen molar-refractivity contribution in [2.24, 2.45) is 17.8 Å². The molecule has 71 heavy (non-hydrogen) atoms. The normalized spacial score (nSPS) is 28.7. The number of piperidine rings is 1. The number of aromatic nitrogens is 2. The Morgan fingerprint density at radius 1 is 0.803 bits per heavy atom. The fraction of sp³-hybridized carbons (Fsp3) is 0.596. The molecule has 7 aliphatic rings. The summed E-state index contributed by atoms with van der Waals surface area (Å²) >= 11 is 1.69. The van der Waals surface area contributed by atoms with Crippen molar-refractivity contribution in [1.82, 2.24) is 51.3 Å². The molecule has 4 amide bonds. The number of amides is 4. The number of fused-ring (bicyclic) bond motifs is 6. The van der Waals surface area contributed by atoms with Crippen molar-refractivity contribution in [3.8, 4) is 17.0 Å². The van der Waals surface area contributed by atoms with Crippen LogP contribution < -0.4 is 36.6 Å². The number of ether oxygens (including phenoxy) is 3. The molecule has 7 heterocycles. The van der Waals surface area contributed by atoms with Crippen molar-refractivity contribution >= 4 is 46.2 Å². The molecular formula is C52H67FN10O7S. The maximum atomic E-state index is 17.1. The lowest BCUT2D eigenvalue weighted by Crippen LogP contribution is -2.58. The number of alkyl carbamates (subject to hydrolysis) is 2. The highest BCUT2D eigenvalue weighted by atomic mass is 32.1. The van der Waals surface area contributed by atoms with Gasteiger partial charge in [0.25, 0.3) is 0 Å². The molecule has 0 spiro atoms. The summed E-state index contributed by atoms with van der Waals surface area (Å²) in [5.74, 6) is 0.502. The molecular weight excluding hydrogens is 928 g/mol. The van der Waals surface area contributed by atoms with Crippen LogP contribution in [0.3, 0.4) is 0 Å². The summed E-state index contributed by atoms with van der Waals surface area (Å²) in [5, 5.41) is 22.4. The Morgan fingerprint density at radius 2 is 1.46 bits per heavy atom. The van der Waals surface area contributed by atoms with Gasteiger partial charge >= 0.3 is 12.2 Å². The predicted octanol–water partition coefficient (Wildman–Crippen LogP) is 6.36. The van der Waals surface area contributed by atoms with E-state index in [9.17, 15) is 19.2 Å². The van der Waals surface area contributed by atoms with Crippen LogP contribution in [0.5, 0.6) is 5.75 Å². The Bertz CT molecular complexity index is 2710. The molecule has 17 nitrogen and oxygen atoms in total. The van der Waals surface area contributed by atoms with Gasteiger partial charge in [0.15, 0.2) is 0 Å². The second-order valence-corrected chi connectivity index (χ2v) is 22.5. The highest BCUT2D eigenvalue weighted by molar-refractivity contribution is 7.11. The first kappa shape index (κ1) is 48.0. The number of rotatable bonds is 12. The largest absolute Gasteiger partial charge is 0.464 e. The molecule has 11 atom stereocenters. The molecule has 11 rings (SSSR count). The van der Waals surface area contributed by atoms with Crippen LogP contribution in [-0.2, 0) is 19.1 Å². The van der Waals surface area contributed by atoms with Crippen molar-refractivity contribution < 1.29 is 37.8 Å². The van der Waals surface area contributed by atoms with E-state index in [0.29, 0.717) is 42.8 Å². The molecule has 380 valence electrons. The van der Waals surface area contributed by atoms with Gasteiger partial charge < -0.3 is 34.6 Å². The third-order valence-corrected chi connectivity index (χ3v) is 17.5. The minimum atomic E-state index is -0.723. The maximum Gasteiger partial charge on any atom is 0.407 e. The predicted molar refractivity (Wildman–Crippen MR) is 265 cm³/mol. The summed E-state index contributed by atoms with van der Waals surface area (Å²) in [7, 11) is 2.60. The van der Waals surface area contributed by atoms with E-state index in [1.54, 1.807) is 17.4 Å². The number of methoxy groups -OCH3 is 2. The Labute approximate surface area is 417 Å². The molecule has 6 N–H and O–H groups in total. The molecule has 19 heteroatoms. The molecule has 0 bridgehead atoms. The van der Waals surface area contributed by atoms with Crippen molar-refractivity contribution in [1.29, 1.82) is 0 Å². The topological polar surface area (TPSA) is 192 Å². The zero-order chi connectivity index (χ0) is 49.4. The van der Waals surface area contributed by atoms with Gasteiger partial charge in [0.2, 0.25) is 18.0 Å². The lowest BCUT2D eigenvalue weighted by Gasteiger charge is -2.35. The average Bonchev–Trinajstić information content (AvgIpc) is 4.18. The van der Waals surface area contributed by atoms with Gasteiger partial charge in [0, 0.05) is 55.3 Å². The first-order chi connectivity index (χ1) is 34.3. The fourth-order valence-electron chi connectivity index (χ4n) is 12.5. The number of likely N-dealkylation sites (tertiary alicyclic amines) is 2. The molecule has 4 saturated heterocycles. The minimum absolute atomic E-state index is 0.0441. The van der Waals surface area contributed by atoms with Crippen LogP contribution in [0.15, 0.2) is 42.6 Å². The second kappa shape index (κ2) is 19.3. The fourth-order valence-corrected chi connectivity index (χ4v) is 13.7. The molecule has 0 radical (unpaired) electrons. The summed E-state index contributed by atoms with van der Waals surface area (Å²) in [6, 6.07) is 10.3. The van der Waals surface area contributed by atoms with Crippen LogP contribution in [0.25, 0.3) is 22.2 Å². The van der Waals surface area contributed by atoms with E-state index in [2.05, 4.69) is 60.7 Å². The number of thiazole rings is 1. The maximum absolute atomic E-state index is 17.1. The highest BCUT2D eigenvalue weighted by Crippen LogP contribution is 2.51. The minimum Gasteiger partial charge on any atom is -0.464 e. The summed E-state index contributed by atoms with van der Waals surface area (Å²) in [4.78, 5) is 62.2. The monoisotopic (exact) mass is 994 g/mol. The van der Waals surface area contributed by atoms with Gasteiger partial charge in [-0.25, -0.2) is 19.0 Å². The van der Waals surface area contributed by atoms with Crippen molar-refractivity contribution in [3.63, 3.8) is 0 Å². The van der Waals surface area contributed by atoms with E-state index in [1.807, 2.05) is 49.8 Å². The van der Waals surface area contributed by atoms with Gasteiger partial charge in [0.1, 0.15) is 23.7 Å². The molecule has 2 aromatic carbocycles. The van der Waals surface area contributed by atoms with Crippen LogP contribution in [-0.4, -0.2) is 120 Å². The van der Waals surface area contributed by atoms with Gasteiger partial charge in [-0.3, -0.25) is 35.4 Å². The second-order valence-electron chi connectivity index (χ2n) is 21.4. The molecule has 5 aliphatic heterocycles. The van der Waals surface area contributed by atoms with Crippen molar-refractivity contribution in [2.75, 3.05) is 33.9 Å². The Morgan fingerprint density at radius 3 is 2.15 bits per heavy atom. The molecule has 2 saturated carbocycles. The van der Waals surface area contributed by atoms with E-state index in [-0.39, 0.29) is 72.0 Å². The Kier molecular flexibility index (Phi) is 13.0. The number of benzene rings is 2. The standard InChI is InChI=1S/C52H67FN10O7S/c1-25(2)43(59-51(66)68-5)48(64)61-15-9-12-36(61)45-54-23-34(58-45)29-17-32(53)42-38-19-30-16-28(13-14-35(30)63(38)50(70-40(42)21-29)41-24-56-47(71-41)27-10-7-8-11-27)33-22-55-46(57-33)39-20-31-18-37(31)62(39)49(65)44(26(3)4)60-52(67)69-6/h13-14,16-17,19,21,24-27,31,33-34,36-37,39,43-46,50,54-55,57-58H,7-12,15,18,20,22-23H2,1-6H3,(H,59,66)(H,60,67)/t31-,33?,34?,36+,37-,39?,43+,44-,45?,46-,50?/m1/s1. The molecule has 2 aliphatic carbocycles. The third kappa shape index (κ3) is 8.82.